The van der Waals surface area contributed by atoms with E-state index in [9.17, 15) is 9.59 Å². The summed E-state index contributed by atoms with van der Waals surface area (Å²) in [4.78, 5) is 31.1. The summed E-state index contributed by atoms with van der Waals surface area (Å²) in [6, 6.07) is 15.4. The Morgan fingerprint density at radius 3 is 2.63 bits per heavy atom. The van der Waals surface area contributed by atoms with E-state index in [-0.39, 0.29) is 17.2 Å². The van der Waals surface area contributed by atoms with E-state index in [1.165, 1.54) is 17.3 Å². The van der Waals surface area contributed by atoms with Crippen LogP contribution in [0, 0.1) is 0 Å². The third-order valence-electron chi connectivity index (χ3n) is 4.73. The van der Waals surface area contributed by atoms with E-state index < -0.39 is 0 Å². The summed E-state index contributed by atoms with van der Waals surface area (Å²) in [5, 5.41) is 3.45. The molecular formula is C22H20BrN3O2S2. The molecule has 1 N–H and O–H groups in total. The van der Waals surface area contributed by atoms with Crippen molar-refractivity contribution in [2.24, 2.45) is 0 Å². The van der Waals surface area contributed by atoms with E-state index in [2.05, 4.69) is 28.2 Å². The first-order chi connectivity index (χ1) is 14.5. The summed E-state index contributed by atoms with van der Waals surface area (Å²) in [7, 11) is 0. The van der Waals surface area contributed by atoms with Crippen molar-refractivity contribution in [2.45, 2.75) is 29.8 Å². The monoisotopic (exact) mass is 501 g/mol. The summed E-state index contributed by atoms with van der Waals surface area (Å²) in [5.41, 5.74) is 3.49. The number of fused-ring (bicyclic) bond motifs is 1. The van der Waals surface area contributed by atoms with Gasteiger partial charge in [0.2, 0.25) is 5.91 Å². The van der Waals surface area contributed by atoms with Gasteiger partial charge in [-0.3, -0.25) is 14.2 Å². The lowest BCUT2D eigenvalue weighted by Crippen LogP contribution is -2.24. The molecule has 2 heterocycles. The fraction of sp³-hybridized carbons (Fsp3) is 0.227. The number of benzene rings is 2. The van der Waals surface area contributed by atoms with Crippen molar-refractivity contribution in [1.29, 1.82) is 0 Å². The Morgan fingerprint density at radius 1 is 1.20 bits per heavy atom. The molecule has 0 saturated carbocycles. The van der Waals surface area contributed by atoms with Gasteiger partial charge in [-0.15, -0.1) is 11.8 Å². The molecule has 154 valence electrons. The maximum Gasteiger partial charge on any atom is 0.272 e. The highest BCUT2D eigenvalue weighted by molar-refractivity contribution is 9.10. The highest BCUT2D eigenvalue weighted by atomic mass is 79.9. The van der Waals surface area contributed by atoms with Crippen molar-refractivity contribution < 1.29 is 4.79 Å². The average Bonchev–Trinajstić information content (AvgIpc) is 3.23. The van der Waals surface area contributed by atoms with E-state index in [0.717, 1.165) is 40.1 Å². The molecule has 0 spiro atoms. The van der Waals surface area contributed by atoms with E-state index in [0.29, 0.717) is 10.1 Å². The lowest BCUT2D eigenvalue weighted by Gasteiger charge is -2.14. The van der Waals surface area contributed by atoms with E-state index in [4.69, 9.17) is 4.98 Å². The first-order valence-corrected chi connectivity index (χ1v) is 12.4. The van der Waals surface area contributed by atoms with Gasteiger partial charge >= 0.3 is 0 Å². The molecule has 1 aliphatic heterocycles. The number of hydrogen-bond donors (Lipinski definition) is 1. The number of carbonyl (C=O) groups is 1. The maximum atomic E-state index is 13.1. The standard InChI is InChI=1S/C22H20BrN3O2S2/c1-2-14-3-7-16(8-4-14)24-19(27)13-30-22-25-18-11-12-29-20(18)21(28)26(22)17-9-5-15(23)6-10-17/h3-10H,2,11-13H2,1H3,(H,24,27). The normalized spacial score (nSPS) is 12.6. The molecule has 0 radical (unpaired) electrons. The second-order valence-corrected chi connectivity index (χ2v) is 9.74. The van der Waals surface area contributed by atoms with Crippen LogP contribution >= 0.6 is 39.5 Å². The third-order valence-corrected chi connectivity index (χ3v) is 7.30. The van der Waals surface area contributed by atoms with Crippen LogP contribution in [0.25, 0.3) is 5.69 Å². The van der Waals surface area contributed by atoms with Crippen LogP contribution in [0.2, 0.25) is 0 Å². The van der Waals surface area contributed by atoms with Crippen LogP contribution in [-0.2, 0) is 17.6 Å². The van der Waals surface area contributed by atoms with Crippen molar-refractivity contribution in [1.82, 2.24) is 9.55 Å². The lowest BCUT2D eigenvalue weighted by molar-refractivity contribution is -0.113. The van der Waals surface area contributed by atoms with Crippen molar-refractivity contribution in [3.63, 3.8) is 0 Å². The van der Waals surface area contributed by atoms with Crippen LogP contribution in [-0.4, -0.2) is 27.0 Å². The zero-order valence-electron chi connectivity index (χ0n) is 16.4. The van der Waals surface area contributed by atoms with Crippen molar-refractivity contribution in [2.75, 3.05) is 16.8 Å². The van der Waals surface area contributed by atoms with Crippen LogP contribution < -0.4 is 10.9 Å². The highest BCUT2D eigenvalue weighted by Gasteiger charge is 2.23. The van der Waals surface area contributed by atoms with Crippen molar-refractivity contribution >= 4 is 51.0 Å². The smallest absolute Gasteiger partial charge is 0.272 e. The number of carbonyl (C=O) groups excluding carboxylic acids is 1. The number of rotatable bonds is 6. The molecule has 0 bridgehead atoms. The molecule has 0 atom stereocenters. The Labute approximate surface area is 191 Å². The predicted octanol–water partition coefficient (Wildman–Crippen LogP) is 4.94. The van der Waals surface area contributed by atoms with Crippen LogP contribution in [0.5, 0.6) is 0 Å². The Kier molecular flexibility index (Phi) is 6.65. The SMILES string of the molecule is CCc1ccc(NC(=O)CSc2nc3c(c(=O)n2-c2ccc(Br)cc2)SCC3)cc1. The molecule has 1 amide bonds. The van der Waals surface area contributed by atoms with Gasteiger partial charge in [-0.25, -0.2) is 4.98 Å². The number of aryl methyl sites for hydroxylation is 2. The number of thioether (sulfide) groups is 2. The number of amides is 1. The first kappa shape index (κ1) is 21.2. The van der Waals surface area contributed by atoms with Crippen LogP contribution in [0.15, 0.2) is 67.9 Å². The molecule has 4 rings (SSSR count). The number of anilines is 1. The molecule has 3 aromatic rings. The highest BCUT2D eigenvalue weighted by Crippen LogP contribution is 2.30. The fourth-order valence-corrected chi connectivity index (χ4v) is 5.28. The minimum Gasteiger partial charge on any atom is -0.325 e. The zero-order chi connectivity index (χ0) is 21.1. The number of nitrogens with one attached hydrogen (secondary N) is 1. The van der Waals surface area contributed by atoms with Crippen LogP contribution in [0.3, 0.4) is 0 Å². The van der Waals surface area contributed by atoms with Gasteiger partial charge in [0.25, 0.3) is 5.56 Å². The zero-order valence-corrected chi connectivity index (χ0v) is 19.6. The fourth-order valence-electron chi connectivity index (χ4n) is 3.16. The Morgan fingerprint density at radius 2 is 1.93 bits per heavy atom. The van der Waals surface area contributed by atoms with Gasteiger partial charge in [0.1, 0.15) is 0 Å². The Hall–Kier alpha value is -2.03. The molecule has 0 unspecified atom stereocenters. The first-order valence-electron chi connectivity index (χ1n) is 9.61. The average molecular weight is 502 g/mol. The molecule has 0 fully saturated rings. The second-order valence-electron chi connectivity index (χ2n) is 6.77. The lowest BCUT2D eigenvalue weighted by atomic mass is 10.1. The Balaban J connectivity index is 1.57. The van der Waals surface area contributed by atoms with E-state index in [1.54, 1.807) is 16.3 Å². The summed E-state index contributed by atoms with van der Waals surface area (Å²) < 4.78 is 2.54. The van der Waals surface area contributed by atoms with Gasteiger partial charge in [-0.1, -0.05) is 46.7 Å². The minimum absolute atomic E-state index is 0.0668. The third kappa shape index (κ3) is 4.66. The summed E-state index contributed by atoms with van der Waals surface area (Å²) in [6.07, 6.45) is 1.74. The largest absolute Gasteiger partial charge is 0.325 e. The molecule has 1 aromatic heterocycles. The van der Waals surface area contributed by atoms with Gasteiger partial charge in [0.15, 0.2) is 5.16 Å². The van der Waals surface area contributed by atoms with E-state index in [1.807, 2.05) is 48.5 Å². The number of halogens is 1. The molecular weight excluding hydrogens is 482 g/mol. The van der Waals surface area contributed by atoms with Crippen LogP contribution in [0.4, 0.5) is 5.69 Å². The Bertz CT molecular complexity index is 1130. The molecule has 0 aliphatic carbocycles. The van der Waals surface area contributed by atoms with Crippen LogP contribution in [0.1, 0.15) is 18.2 Å². The van der Waals surface area contributed by atoms with Gasteiger partial charge in [-0.05, 0) is 48.4 Å². The quantitative estimate of drug-likeness (QED) is 0.382. The number of hydrogen-bond acceptors (Lipinski definition) is 5. The van der Waals surface area contributed by atoms with Gasteiger partial charge in [0, 0.05) is 22.3 Å². The molecule has 2 aromatic carbocycles. The number of nitrogens with zero attached hydrogens (tertiary/aromatic N) is 2. The topological polar surface area (TPSA) is 64.0 Å². The van der Waals surface area contributed by atoms with Crippen molar-refractivity contribution in [3.8, 4) is 5.69 Å². The predicted molar refractivity (Wildman–Crippen MR) is 127 cm³/mol. The number of aromatic nitrogens is 2. The summed E-state index contributed by atoms with van der Waals surface area (Å²) >= 11 is 6.26. The molecule has 5 nitrogen and oxygen atoms in total. The van der Waals surface area contributed by atoms with Gasteiger partial charge in [0.05, 0.1) is 22.0 Å². The second kappa shape index (κ2) is 9.41. The minimum atomic E-state index is -0.129. The van der Waals surface area contributed by atoms with Gasteiger partial charge < -0.3 is 5.32 Å². The summed E-state index contributed by atoms with van der Waals surface area (Å²) in [5.74, 6) is 0.903. The maximum absolute atomic E-state index is 13.1. The molecule has 30 heavy (non-hydrogen) atoms. The molecule has 8 heteroatoms. The van der Waals surface area contributed by atoms with Gasteiger partial charge in [-0.2, -0.15) is 0 Å². The molecule has 0 saturated heterocycles. The summed E-state index contributed by atoms with van der Waals surface area (Å²) in [6.45, 7) is 2.09. The van der Waals surface area contributed by atoms with Crippen molar-refractivity contribution in [3.05, 3.63) is 74.6 Å². The van der Waals surface area contributed by atoms with E-state index >= 15 is 0 Å². The molecule has 1 aliphatic rings.